The second-order valence-corrected chi connectivity index (χ2v) is 37.7. The van der Waals surface area contributed by atoms with Gasteiger partial charge in [-0.3, -0.25) is 19.2 Å². The summed E-state index contributed by atoms with van der Waals surface area (Å²) in [6, 6.07) is 22.3. The molecule has 0 radical (unpaired) electrons. The van der Waals surface area contributed by atoms with Crippen LogP contribution in [0.25, 0.3) is 55.6 Å². The van der Waals surface area contributed by atoms with Gasteiger partial charge < -0.3 is 34.0 Å². The van der Waals surface area contributed by atoms with Crippen molar-refractivity contribution in [3.63, 3.8) is 0 Å². The van der Waals surface area contributed by atoms with Crippen LogP contribution < -0.4 is 14.2 Å². The summed E-state index contributed by atoms with van der Waals surface area (Å²) in [5.41, 5.74) is -4.24. The Morgan fingerprint density at radius 2 is 0.635 bits per heavy atom. The molecule has 0 bridgehead atoms. The number of aryl methyl sites for hydroxylation is 4. The zero-order valence-corrected chi connectivity index (χ0v) is 79.5. The maximum Gasteiger partial charge on any atom is 0.416 e. The van der Waals surface area contributed by atoms with Crippen LogP contribution in [0.1, 0.15) is 252 Å². The van der Waals surface area contributed by atoms with Crippen LogP contribution in [0.5, 0.6) is 17.5 Å². The van der Waals surface area contributed by atoms with Gasteiger partial charge in [0, 0.05) is 101 Å². The number of methoxy groups -OCH3 is 3. The second kappa shape index (κ2) is 39.8. The fourth-order valence-electron chi connectivity index (χ4n) is 21.7. The molecule has 8 heterocycles. The van der Waals surface area contributed by atoms with E-state index in [0.29, 0.717) is 92.2 Å². The molecule has 6 aliphatic heterocycles. The van der Waals surface area contributed by atoms with Crippen LogP contribution in [0.15, 0.2) is 176 Å². The van der Waals surface area contributed by atoms with Crippen molar-refractivity contribution >= 4 is 29.5 Å². The molecule has 0 unspecified atom stereocenters. The number of alkyl halides is 27. The van der Waals surface area contributed by atoms with Gasteiger partial charge >= 0.3 is 61.6 Å². The van der Waals surface area contributed by atoms with Gasteiger partial charge in [-0.25, -0.2) is 14.8 Å². The number of amides is 3. The highest BCUT2D eigenvalue weighted by atomic mass is 19.4. The van der Waals surface area contributed by atoms with Crippen molar-refractivity contribution in [2.75, 3.05) is 21.3 Å². The molecule has 6 aliphatic rings. The number of rotatable bonds is 17. The monoisotopic (exact) mass is 2100 g/mol. The van der Waals surface area contributed by atoms with Gasteiger partial charge in [-0.15, -0.1) is 0 Å². The van der Waals surface area contributed by atoms with Crippen molar-refractivity contribution in [1.82, 2.24) is 24.7 Å². The number of carboxylic acids is 1. The third-order valence-electron chi connectivity index (χ3n) is 28.2. The first-order valence-corrected chi connectivity index (χ1v) is 46.0. The number of hydrogen-bond donors (Lipinski definition) is 1. The number of fused-ring (bicyclic) bond motifs is 3. The highest BCUT2D eigenvalue weighted by Gasteiger charge is 2.55. The standard InChI is InChI=1S/C37H29F9N2O4.C37H29F9N2O3.C33H30F9NO2/c1-17-8-20(34(50)51)9-18(2)32(17)21-12-28(33(52-3)47-16-21)25-5-4-22(35(38,39)40)14-27(25)30-7-6-29-26(15-31(49)48(29)30)19-10-23(36(41,42)43)13-24(11-19)37(44,45)46;1-18-10-20(19(2)49)4-6-26(18)22-13-30(34(51-3)47-17-22)27-7-5-23(35(38,39)40)15-29(27)32-9-8-31-28(16-33(50)48(31)32)21-11-24(36(41,42)43)14-25(12-21)37(44,45)46;1-16(2)23-14-26(29(45-4)9-17(23)3)22-6-5-19(31(34,35)36)13-25(22)28-8-7-27-24(15-30(44)43(27)28)18-10-20(32(37,38)39)12-21(11-18)33(40,41)42/h4-5,8-14,16,26,29-30H,6-7,15H2,1-3H3,(H,50,51);4-7,10-15,17,28,31-32H,8-9,16H2,1-3H3;5-6,9-14,16,24,27-28H,7-8,15H2,1-4H3/t26-,29+,30+;28-,31+,32+;24-,27+,28+/m111/s1. The number of aromatic carboxylic acids is 1. The second-order valence-electron chi connectivity index (χ2n) is 37.7. The molecule has 6 fully saturated rings. The van der Waals surface area contributed by atoms with Crippen LogP contribution in [0.3, 0.4) is 0 Å². The van der Waals surface area contributed by atoms with E-state index in [4.69, 9.17) is 14.2 Å². The highest BCUT2D eigenvalue weighted by Crippen LogP contribution is 2.59. The van der Waals surface area contributed by atoms with E-state index in [9.17, 15) is 148 Å². The van der Waals surface area contributed by atoms with Gasteiger partial charge in [-0.1, -0.05) is 44.2 Å². The summed E-state index contributed by atoms with van der Waals surface area (Å²) >= 11 is 0. The Morgan fingerprint density at radius 3 is 0.926 bits per heavy atom. The predicted molar refractivity (Wildman–Crippen MR) is 486 cm³/mol. The first kappa shape index (κ1) is 109. The number of Topliss-reactive ketones (excluding diaryl/α,β-unsaturated/α-hetero) is 1. The molecule has 9 aromatic carbocycles. The first-order chi connectivity index (χ1) is 68.8. The number of hydrogen-bond acceptors (Lipinski definition) is 10. The maximum absolute atomic E-state index is 14.2. The number of ketones is 1. The van der Waals surface area contributed by atoms with Crippen LogP contribution in [-0.4, -0.2) is 98.7 Å². The van der Waals surface area contributed by atoms with Crippen molar-refractivity contribution in [1.29, 1.82) is 0 Å². The SMILES string of the molecule is COc1cc(C)c(C(C)C)cc1-c1ccc(C(F)(F)F)cc1[C@@H]1CC[C@H]2[C@@H](c3cc(C(F)(F)F)cc(C(F)(F)F)c3)CC(=O)N12.COc1ncc(-c2c(C)cc(C(=O)O)cc2C)cc1-c1ccc(C(F)(F)F)cc1[C@@H]1CC[C@H]2[C@@H](c3cc(C(F)(F)F)cc(C(F)(F)F)c3)CC(=O)N12.COc1ncc(-c2ccc(C(C)=O)cc2C)cc1-c1ccc(C(F)(F)F)cc1[C@@H]1CC[C@H]2[C@@H](c3cc(C(F)(F)F)cc(C(F)(F)F)c3)CC(=O)N12. The van der Waals surface area contributed by atoms with Crippen LogP contribution in [0.2, 0.25) is 0 Å². The number of carbonyl (C=O) groups is 5. The number of pyridine rings is 2. The van der Waals surface area contributed by atoms with Crippen molar-refractivity contribution in [3.8, 4) is 73.1 Å². The Labute approximate surface area is 827 Å². The zero-order valence-electron chi connectivity index (χ0n) is 79.5. The minimum absolute atomic E-state index is 0.00342. The lowest BCUT2D eigenvalue weighted by atomic mass is 9.86. The molecule has 41 heteroatoms. The van der Waals surface area contributed by atoms with Gasteiger partial charge in [0.15, 0.2) is 5.78 Å². The quantitative estimate of drug-likeness (QED) is 0.0680. The summed E-state index contributed by atoms with van der Waals surface area (Å²) in [7, 11) is 4.06. The van der Waals surface area contributed by atoms with E-state index in [1.54, 1.807) is 57.2 Å². The maximum atomic E-state index is 14.2. The largest absolute Gasteiger partial charge is 0.496 e. The molecule has 14 nitrogen and oxygen atoms in total. The Balaban J connectivity index is 0.000000167. The molecule has 11 aromatic rings. The topological polar surface area (TPSA) is 169 Å². The normalized spacial score (nSPS) is 19.8. The number of carbonyl (C=O) groups excluding carboxylic acids is 4. The Kier molecular flexibility index (Phi) is 29.2. The van der Waals surface area contributed by atoms with Gasteiger partial charge in [0.25, 0.3) is 0 Å². The van der Waals surface area contributed by atoms with Crippen LogP contribution in [0.4, 0.5) is 119 Å². The number of carboxylic acid groups (broad SMARTS) is 1. The van der Waals surface area contributed by atoms with Gasteiger partial charge in [-0.2, -0.15) is 119 Å². The summed E-state index contributed by atoms with van der Waals surface area (Å²) in [6.45, 7) is 12.4. The molecule has 1 N–H and O–H groups in total. The van der Waals surface area contributed by atoms with E-state index in [1.807, 2.05) is 26.8 Å². The number of ether oxygens (including phenoxy) is 3. The number of halogens is 27. The van der Waals surface area contributed by atoms with Crippen molar-refractivity contribution < 1.29 is 162 Å². The van der Waals surface area contributed by atoms with E-state index in [0.717, 1.165) is 53.1 Å². The van der Waals surface area contributed by atoms with Gasteiger partial charge in [0.05, 0.1) is 95.1 Å². The lowest BCUT2D eigenvalue weighted by Crippen LogP contribution is -2.31. The molecule has 3 amide bonds. The summed E-state index contributed by atoms with van der Waals surface area (Å²) < 4.78 is 389. The molecule has 17 rings (SSSR count). The minimum atomic E-state index is -5.11. The molecular weight excluding hydrogens is 2010 g/mol. The fraction of sp³-hybridized carbons (Fsp3) is 0.355. The third-order valence-corrected chi connectivity index (χ3v) is 28.2. The van der Waals surface area contributed by atoms with Gasteiger partial charge in [-0.05, 0) is 302 Å². The van der Waals surface area contributed by atoms with Crippen molar-refractivity contribution in [2.45, 2.75) is 222 Å². The predicted octanol–water partition coefficient (Wildman–Crippen LogP) is 30.3. The molecule has 0 saturated carbocycles. The number of nitrogens with zero attached hydrogens (tertiary/aromatic N) is 5. The summed E-state index contributed by atoms with van der Waals surface area (Å²) in [5, 5.41) is 9.50. The Bertz CT molecular complexity index is 6930. The first-order valence-electron chi connectivity index (χ1n) is 46.0. The van der Waals surface area contributed by atoms with E-state index in [2.05, 4.69) is 9.97 Å². The van der Waals surface area contributed by atoms with Gasteiger partial charge in [0.2, 0.25) is 29.5 Å². The zero-order chi connectivity index (χ0) is 109. The van der Waals surface area contributed by atoms with E-state index in [-0.39, 0.29) is 148 Å². The van der Waals surface area contributed by atoms with Crippen LogP contribution >= 0.6 is 0 Å². The fourth-order valence-corrected chi connectivity index (χ4v) is 21.7. The Hall–Kier alpha value is -13.7. The molecule has 0 spiro atoms. The summed E-state index contributed by atoms with van der Waals surface area (Å²) in [5.74, 6) is -5.69. The average Bonchev–Trinajstić information content (AvgIpc) is 1.58. The minimum Gasteiger partial charge on any atom is -0.496 e. The summed E-state index contributed by atoms with van der Waals surface area (Å²) in [6.07, 6.45) is -42.4. The molecular formula is C107H88F27N5O9. The lowest BCUT2D eigenvalue weighted by Gasteiger charge is -2.29. The van der Waals surface area contributed by atoms with E-state index >= 15 is 0 Å². The van der Waals surface area contributed by atoms with E-state index < -0.39 is 196 Å². The molecule has 784 valence electrons. The smallest absolute Gasteiger partial charge is 0.416 e. The summed E-state index contributed by atoms with van der Waals surface area (Å²) in [4.78, 5) is 76.9. The Morgan fingerprint density at radius 1 is 0.331 bits per heavy atom. The van der Waals surface area contributed by atoms with E-state index in [1.165, 1.54) is 85.7 Å². The highest BCUT2D eigenvalue weighted by molar-refractivity contribution is 5.96. The molecule has 0 aliphatic carbocycles. The van der Waals surface area contributed by atoms with Crippen molar-refractivity contribution in [3.05, 3.63) is 299 Å². The lowest BCUT2D eigenvalue weighted by molar-refractivity contribution is -0.144. The molecule has 6 saturated heterocycles. The van der Waals surface area contributed by atoms with Crippen LogP contribution in [0, 0.1) is 27.7 Å². The van der Waals surface area contributed by atoms with Gasteiger partial charge in [0.1, 0.15) is 5.75 Å². The number of aromatic nitrogens is 2. The van der Waals surface area contributed by atoms with Crippen LogP contribution in [-0.2, 0) is 70.0 Å². The van der Waals surface area contributed by atoms with Crippen molar-refractivity contribution in [2.24, 2.45) is 0 Å². The number of benzene rings is 9. The molecule has 148 heavy (non-hydrogen) atoms. The molecule has 2 aromatic heterocycles. The average molecular weight is 2100 g/mol. The third kappa shape index (κ3) is 21.8. The molecule has 9 atom stereocenters.